The second-order valence-corrected chi connectivity index (χ2v) is 12.3. The van der Waals surface area contributed by atoms with Crippen molar-refractivity contribution in [3.8, 4) is 16.9 Å². The summed E-state index contributed by atoms with van der Waals surface area (Å²) in [6.45, 7) is 12.8. The van der Waals surface area contributed by atoms with E-state index in [2.05, 4.69) is 39.8 Å². The van der Waals surface area contributed by atoms with Crippen molar-refractivity contribution in [1.29, 1.82) is 0 Å². The summed E-state index contributed by atoms with van der Waals surface area (Å²) in [5.41, 5.74) is 5.85. The van der Waals surface area contributed by atoms with Crippen LogP contribution in [0.4, 0.5) is 0 Å². The summed E-state index contributed by atoms with van der Waals surface area (Å²) in [7, 11) is -2.56. The van der Waals surface area contributed by atoms with E-state index in [4.69, 9.17) is 9.47 Å². The summed E-state index contributed by atoms with van der Waals surface area (Å²) in [4.78, 5) is 12.2. The number of fused-ring (bicyclic) bond motifs is 1. The van der Waals surface area contributed by atoms with Gasteiger partial charge in [-0.15, -0.1) is 0 Å². The summed E-state index contributed by atoms with van der Waals surface area (Å²) in [5, 5.41) is 0.742. The highest BCUT2D eigenvalue weighted by Gasteiger charge is 2.25. The van der Waals surface area contributed by atoms with Gasteiger partial charge >= 0.3 is 5.97 Å². The van der Waals surface area contributed by atoms with Gasteiger partial charge < -0.3 is 9.47 Å². The molecular formula is C33H37NO5S. The Labute approximate surface area is 237 Å². The lowest BCUT2D eigenvalue weighted by atomic mass is 9.89. The minimum atomic E-state index is -3.90. The number of carbonyl (C=O) groups excluding carboxylic acids is 1. The molecule has 4 aromatic rings. The maximum Gasteiger partial charge on any atom is 0.330 e. The second kappa shape index (κ2) is 11.7. The highest BCUT2D eigenvalue weighted by Crippen LogP contribution is 2.44. The maximum atomic E-state index is 13.9. The Balaban J connectivity index is 2.12. The standard InChI is InChI=1S/C33H37NO5S/c1-8-39-33-27(22(4)5)18-25(21(2)3)19-29(33)30-20-34(40(36,37)26-12-10-9-11-13-26)31-15-14-24(17-28(30)31)23(6)16-32(35)38-7/h9-22H,8H2,1-7H3. The van der Waals surface area contributed by atoms with Crippen LogP contribution in [0.2, 0.25) is 0 Å². The van der Waals surface area contributed by atoms with Crippen molar-refractivity contribution in [3.63, 3.8) is 0 Å². The molecule has 0 unspecified atom stereocenters. The molecule has 0 amide bonds. The normalized spacial score (nSPS) is 12.4. The van der Waals surface area contributed by atoms with Crippen molar-refractivity contribution < 1.29 is 22.7 Å². The predicted octanol–water partition coefficient (Wildman–Crippen LogP) is 7.77. The number of esters is 1. The summed E-state index contributed by atoms with van der Waals surface area (Å²) in [6, 6.07) is 18.3. The number of methoxy groups -OCH3 is 1. The first-order chi connectivity index (χ1) is 19.0. The molecule has 1 aromatic heterocycles. The molecule has 0 radical (unpaired) electrons. The lowest BCUT2D eigenvalue weighted by Crippen LogP contribution is -2.11. The van der Waals surface area contributed by atoms with Gasteiger partial charge in [0.1, 0.15) is 5.75 Å². The second-order valence-electron chi connectivity index (χ2n) is 10.5. The third-order valence-electron chi connectivity index (χ3n) is 7.07. The molecule has 0 aliphatic carbocycles. The summed E-state index contributed by atoms with van der Waals surface area (Å²) < 4.78 is 40.3. The predicted molar refractivity (Wildman–Crippen MR) is 161 cm³/mol. The molecule has 0 N–H and O–H groups in total. The van der Waals surface area contributed by atoms with Crippen LogP contribution < -0.4 is 4.74 Å². The molecule has 0 saturated heterocycles. The molecule has 6 nitrogen and oxygen atoms in total. The smallest absolute Gasteiger partial charge is 0.330 e. The number of rotatable bonds is 9. The Hall–Kier alpha value is -3.84. The molecule has 210 valence electrons. The first-order valence-corrected chi connectivity index (χ1v) is 15.0. The van der Waals surface area contributed by atoms with E-state index in [1.807, 2.05) is 26.0 Å². The zero-order valence-electron chi connectivity index (χ0n) is 24.2. The van der Waals surface area contributed by atoms with Crippen LogP contribution in [-0.4, -0.2) is 32.1 Å². The number of hydrogen-bond donors (Lipinski definition) is 0. The minimum absolute atomic E-state index is 0.196. The van der Waals surface area contributed by atoms with E-state index in [-0.39, 0.29) is 16.7 Å². The average molecular weight is 560 g/mol. The van der Waals surface area contributed by atoms with Crippen LogP contribution in [0.1, 0.15) is 70.1 Å². The van der Waals surface area contributed by atoms with Gasteiger partial charge in [0, 0.05) is 28.8 Å². The zero-order valence-corrected chi connectivity index (χ0v) is 25.0. The molecule has 0 fully saturated rings. The molecule has 4 rings (SSSR count). The quantitative estimate of drug-likeness (QED) is 0.155. The SMILES string of the molecule is CCOc1c(-c2cn(S(=O)(=O)c3ccccc3)c3ccc(C(C)=CC(=O)OC)cc23)cc(C(C)C)cc1C(C)C. The third-order valence-corrected chi connectivity index (χ3v) is 8.76. The van der Waals surface area contributed by atoms with Gasteiger partial charge in [0.15, 0.2) is 0 Å². The number of allylic oxidation sites excluding steroid dienone is 1. The van der Waals surface area contributed by atoms with Crippen LogP contribution in [0.25, 0.3) is 27.6 Å². The van der Waals surface area contributed by atoms with Crippen molar-refractivity contribution >= 4 is 32.5 Å². The first kappa shape index (κ1) is 29.2. The van der Waals surface area contributed by atoms with E-state index in [9.17, 15) is 13.2 Å². The number of ether oxygens (including phenoxy) is 2. The number of benzene rings is 3. The fourth-order valence-corrected chi connectivity index (χ4v) is 6.22. The zero-order chi connectivity index (χ0) is 29.2. The molecule has 0 spiro atoms. The third kappa shape index (κ3) is 5.56. The Morgan fingerprint density at radius 2 is 1.65 bits per heavy atom. The molecule has 0 saturated carbocycles. The van der Waals surface area contributed by atoms with Gasteiger partial charge in [-0.05, 0) is 78.3 Å². The van der Waals surface area contributed by atoms with Gasteiger partial charge in [-0.1, -0.05) is 58.0 Å². The van der Waals surface area contributed by atoms with Crippen LogP contribution in [-0.2, 0) is 19.6 Å². The minimum Gasteiger partial charge on any atom is -0.493 e. The lowest BCUT2D eigenvalue weighted by molar-refractivity contribution is -0.134. The van der Waals surface area contributed by atoms with Crippen molar-refractivity contribution in [3.05, 3.63) is 89.6 Å². The van der Waals surface area contributed by atoms with Crippen LogP contribution in [0, 0.1) is 0 Å². The van der Waals surface area contributed by atoms with E-state index in [1.54, 1.807) is 42.6 Å². The van der Waals surface area contributed by atoms with E-state index in [0.29, 0.717) is 17.7 Å². The van der Waals surface area contributed by atoms with Crippen LogP contribution in [0.3, 0.4) is 0 Å². The van der Waals surface area contributed by atoms with Crippen LogP contribution >= 0.6 is 0 Å². The molecule has 3 aromatic carbocycles. The highest BCUT2D eigenvalue weighted by atomic mass is 32.2. The number of aromatic nitrogens is 1. The first-order valence-electron chi connectivity index (χ1n) is 13.5. The van der Waals surface area contributed by atoms with Crippen molar-refractivity contribution in [2.75, 3.05) is 13.7 Å². The maximum absolute atomic E-state index is 13.9. The van der Waals surface area contributed by atoms with E-state index >= 15 is 0 Å². The van der Waals surface area contributed by atoms with Gasteiger partial charge in [-0.3, -0.25) is 0 Å². The van der Waals surface area contributed by atoms with Crippen molar-refractivity contribution in [2.24, 2.45) is 0 Å². The number of nitrogens with zero attached hydrogens (tertiary/aromatic N) is 1. The van der Waals surface area contributed by atoms with E-state index in [1.165, 1.54) is 17.2 Å². The molecule has 0 atom stereocenters. The van der Waals surface area contributed by atoms with Gasteiger partial charge in [-0.25, -0.2) is 17.2 Å². The highest BCUT2D eigenvalue weighted by molar-refractivity contribution is 7.90. The van der Waals surface area contributed by atoms with Crippen molar-refractivity contribution in [1.82, 2.24) is 3.97 Å². The molecule has 40 heavy (non-hydrogen) atoms. The fourth-order valence-electron chi connectivity index (χ4n) is 4.83. The van der Waals surface area contributed by atoms with Gasteiger partial charge in [0.25, 0.3) is 10.0 Å². The summed E-state index contributed by atoms with van der Waals surface area (Å²) >= 11 is 0. The largest absolute Gasteiger partial charge is 0.493 e. The molecule has 0 aliphatic rings. The Morgan fingerprint density at radius 1 is 0.950 bits per heavy atom. The molecule has 7 heteroatoms. The summed E-state index contributed by atoms with van der Waals surface area (Å²) in [5.74, 6) is 0.757. The monoisotopic (exact) mass is 559 g/mol. The van der Waals surface area contributed by atoms with Crippen molar-refractivity contribution in [2.45, 2.75) is 58.3 Å². The molecule has 0 aliphatic heterocycles. The fraction of sp³-hybridized carbons (Fsp3) is 0.303. The van der Waals surface area contributed by atoms with E-state index < -0.39 is 16.0 Å². The molecule has 1 heterocycles. The number of hydrogen-bond acceptors (Lipinski definition) is 5. The molecule has 0 bridgehead atoms. The van der Waals surface area contributed by atoms with Gasteiger partial charge in [0.05, 0.1) is 24.1 Å². The Bertz CT molecular complexity index is 1680. The van der Waals surface area contributed by atoms with Gasteiger partial charge in [0.2, 0.25) is 0 Å². The van der Waals surface area contributed by atoms with Gasteiger partial charge in [-0.2, -0.15) is 0 Å². The average Bonchev–Trinajstić information content (AvgIpc) is 3.33. The van der Waals surface area contributed by atoms with Crippen LogP contribution in [0.5, 0.6) is 5.75 Å². The lowest BCUT2D eigenvalue weighted by Gasteiger charge is -2.20. The Morgan fingerprint density at radius 3 is 2.25 bits per heavy atom. The Kier molecular flexibility index (Phi) is 8.54. The molecular weight excluding hydrogens is 522 g/mol. The van der Waals surface area contributed by atoms with E-state index in [0.717, 1.165) is 39.0 Å². The number of carbonyl (C=O) groups is 1. The van der Waals surface area contributed by atoms with Crippen LogP contribution in [0.15, 0.2) is 77.8 Å². The summed E-state index contributed by atoms with van der Waals surface area (Å²) in [6.07, 6.45) is 3.13. The topological polar surface area (TPSA) is 74.6 Å².